The van der Waals surface area contributed by atoms with Gasteiger partial charge in [0.05, 0.1) is 0 Å². The summed E-state index contributed by atoms with van der Waals surface area (Å²) < 4.78 is 0. The van der Waals surface area contributed by atoms with Crippen molar-refractivity contribution in [1.82, 2.24) is 15.0 Å². The lowest BCUT2D eigenvalue weighted by atomic mass is 10.1. The molecule has 0 aliphatic rings. The average molecular weight is 320 g/mol. The SMILES string of the molecule is Cc1ccc(C)c(Nc2ncnc(Nc3cccc(C)n3)c2N)c1. The van der Waals surface area contributed by atoms with E-state index in [1.54, 1.807) is 0 Å². The molecule has 2 aromatic heterocycles. The standard InChI is InChI=1S/C18H20N6/c1-11-7-8-12(2)14(9-11)23-17-16(19)18(21-10-20-17)24-15-6-4-5-13(3)22-15/h4-10H,19H2,1-3H3,(H2,20,21,22,23,24). The number of pyridine rings is 1. The second-order valence-electron chi connectivity index (χ2n) is 5.72. The first kappa shape index (κ1) is 15.7. The fourth-order valence-corrected chi connectivity index (χ4v) is 2.33. The number of nitrogens with zero attached hydrogens (tertiary/aromatic N) is 3. The highest BCUT2D eigenvalue weighted by Crippen LogP contribution is 2.29. The summed E-state index contributed by atoms with van der Waals surface area (Å²) in [6, 6.07) is 11.9. The predicted molar refractivity (Wildman–Crippen MR) is 97.9 cm³/mol. The fourth-order valence-electron chi connectivity index (χ4n) is 2.33. The quantitative estimate of drug-likeness (QED) is 0.676. The van der Waals surface area contributed by atoms with Gasteiger partial charge in [0.25, 0.3) is 0 Å². The molecule has 4 N–H and O–H groups in total. The predicted octanol–water partition coefficient (Wildman–Crippen LogP) is 3.87. The number of aryl methyl sites for hydroxylation is 3. The normalized spacial score (nSPS) is 10.5. The van der Waals surface area contributed by atoms with Crippen LogP contribution in [0.3, 0.4) is 0 Å². The van der Waals surface area contributed by atoms with Gasteiger partial charge in [-0.2, -0.15) is 0 Å². The summed E-state index contributed by atoms with van der Waals surface area (Å²) in [7, 11) is 0. The first-order valence-electron chi connectivity index (χ1n) is 7.68. The molecule has 0 atom stereocenters. The van der Waals surface area contributed by atoms with Crippen LogP contribution in [-0.4, -0.2) is 15.0 Å². The Morgan fingerprint density at radius 1 is 0.917 bits per heavy atom. The molecule has 2 heterocycles. The minimum atomic E-state index is 0.446. The molecule has 0 aliphatic heterocycles. The van der Waals surface area contributed by atoms with Gasteiger partial charge in [-0.15, -0.1) is 0 Å². The summed E-state index contributed by atoms with van der Waals surface area (Å²) in [6.45, 7) is 6.02. The summed E-state index contributed by atoms with van der Waals surface area (Å²) in [5.74, 6) is 1.78. The number of nitrogens with two attached hydrogens (primary N) is 1. The monoisotopic (exact) mass is 320 g/mol. The Bertz CT molecular complexity index is 875. The molecule has 1 aromatic carbocycles. The van der Waals surface area contributed by atoms with Crippen molar-refractivity contribution in [2.24, 2.45) is 0 Å². The topological polar surface area (TPSA) is 88.8 Å². The lowest BCUT2D eigenvalue weighted by molar-refractivity contribution is 1.15. The van der Waals surface area contributed by atoms with E-state index < -0.39 is 0 Å². The van der Waals surface area contributed by atoms with Crippen LogP contribution in [0.4, 0.5) is 28.8 Å². The Kier molecular flexibility index (Phi) is 4.29. The van der Waals surface area contributed by atoms with Crippen LogP contribution in [0.25, 0.3) is 0 Å². The van der Waals surface area contributed by atoms with Crippen molar-refractivity contribution < 1.29 is 0 Å². The zero-order valence-electron chi connectivity index (χ0n) is 14.0. The molecule has 3 aromatic rings. The average Bonchev–Trinajstić information content (AvgIpc) is 2.55. The van der Waals surface area contributed by atoms with Gasteiger partial charge in [0.2, 0.25) is 0 Å². The van der Waals surface area contributed by atoms with Crippen molar-refractivity contribution in [3.05, 3.63) is 59.5 Å². The third kappa shape index (κ3) is 3.43. The van der Waals surface area contributed by atoms with Crippen molar-refractivity contribution >= 4 is 28.8 Å². The van der Waals surface area contributed by atoms with E-state index in [1.165, 1.54) is 6.33 Å². The van der Waals surface area contributed by atoms with E-state index in [4.69, 9.17) is 5.73 Å². The number of hydrogen-bond acceptors (Lipinski definition) is 6. The van der Waals surface area contributed by atoms with Gasteiger partial charge in [0.1, 0.15) is 17.8 Å². The van der Waals surface area contributed by atoms with Gasteiger partial charge in [-0.25, -0.2) is 15.0 Å². The molecule has 0 bridgehead atoms. The summed E-state index contributed by atoms with van der Waals surface area (Å²) in [6.07, 6.45) is 1.47. The second-order valence-corrected chi connectivity index (χ2v) is 5.72. The minimum absolute atomic E-state index is 0.446. The highest BCUT2D eigenvalue weighted by atomic mass is 15.1. The first-order chi connectivity index (χ1) is 11.5. The molecular formula is C18H20N6. The number of nitrogens with one attached hydrogen (secondary N) is 2. The van der Waals surface area contributed by atoms with Gasteiger partial charge >= 0.3 is 0 Å². The van der Waals surface area contributed by atoms with Crippen molar-refractivity contribution in [2.45, 2.75) is 20.8 Å². The van der Waals surface area contributed by atoms with E-state index in [9.17, 15) is 0 Å². The van der Waals surface area contributed by atoms with Crippen LogP contribution < -0.4 is 16.4 Å². The largest absolute Gasteiger partial charge is 0.393 e. The van der Waals surface area contributed by atoms with Crippen molar-refractivity contribution in [1.29, 1.82) is 0 Å². The lowest BCUT2D eigenvalue weighted by Crippen LogP contribution is -2.06. The van der Waals surface area contributed by atoms with Crippen LogP contribution in [-0.2, 0) is 0 Å². The summed E-state index contributed by atoms with van der Waals surface area (Å²) >= 11 is 0. The van der Waals surface area contributed by atoms with Gasteiger partial charge in [-0.1, -0.05) is 18.2 Å². The van der Waals surface area contributed by atoms with Gasteiger partial charge < -0.3 is 16.4 Å². The van der Waals surface area contributed by atoms with Gasteiger partial charge in [-0.05, 0) is 50.1 Å². The molecule has 122 valence electrons. The molecule has 6 nitrogen and oxygen atoms in total. The summed E-state index contributed by atoms with van der Waals surface area (Å²) in [5.41, 5.74) is 10.8. The Balaban J connectivity index is 1.89. The molecular weight excluding hydrogens is 300 g/mol. The van der Waals surface area contributed by atoms with Crippen LogP contribution in [0.2, 0.25) is 0 Å². The molecule has 0 saturated heterocycles. The van der Waals surface area contributed by atoms with E-state index >= 15 is 0 Å². The zero-order valence-corrected chi connectivity index (χ0v) is 14.0. The van der Waals surface area contributed by atoms with Gasteiger partial charge in [0, 0.05) is 11.4 Å². The van der Waals surface area contributed by atoms with Crippen LogP contribution in [0.5, 0.6) is 0 Å². The van der Waals surface area contributed by atoms with E-state index in [0.29, 0.717) is 23.1 Å². The van der Waals surface area contributed by atoms with Crippen LogP contribution in [0.15, 0.2) is 42.7 Å². The number of benzene rings is 1. The summed E-state index contributed by atoms with van der Waals surface area (Å²) in [4.78, 5) is 12.9. The molecule has 3 rings (SSSR count). The molecule has 0 aliphatic carbocycles. The molecule has 0 radical (unpaired) electrons. The smallest absolute Gasteiger partial charge is 0.160 e. The molecule has 0 saturated carbocycles. The molecule has 24 heavy (non-hydrogen) atoms. The van der Waals surface area contributed by atoms with E-state index in [2.05, 4.69) is 43.8 Å². The maximum atomic E-state index is 6.23. The maximum Gasteiger partial charge on any atom is 0.160 e. The number of rotatable bonds is 4. The first-order valence-corrected chi connectivity index (χ1v) is 7.68. The lowest BCUT2D eigenvalue weighted by Gasteiger charge is -2.14. The Labute approximate surface area is 141 Å². The minimum Gasteiger partial charge on any atom is -0.393 e. The number of aromatic nitrogens is 3. The molecule has 0 fully saturated rings. The molecule has 0 unspecified atom stereocenters. The second kappa shape index (κ2) is 6.54. The zero-order chi connectivity index (χ0) is 17.1. The van der Waals surface area contributed by atoms with Crippen molar-refractivity contribution in [3.63, 3.8) is 0 Å². The third-order valence-electron chi connectivity index (χ3n) is 3.66. The van der Waals surface area contributed by atoms with E-state index in [0.717, 1.165) is 22.5 Å². The highest BCUT2D eigenvalue weighted by Gasteiger charge is 2.10. The number of anilines is 5. The van der Waals surface area contributed by atoms with E-state index in [-0.39, 0.29) is 0 Å². The summed E-state index contributed by atoms with van der Waals surface area (Å²) in [5, 5.41) is 6.42. The van der Waals surface area contributed by atoms with Crippen LogP contribution in [0, 0.1) is 20.8 Å². The van der Waals surface area contributed by atoms with Gasteiger partial charge in [-0.3, -0.25) is 0 Å². The number of hydrogen-bond donors (Lipinski definition) is 3. The molecule has 0 amide bonds. The third-order valence-corrected chi connectivity index (χ3v) is 3.66. The fraction of sp³-hybridized carbons (Fsp3) is 0.167. The maximum absolute atomic E-state index is 6.23. The highest BCUT2D eigenvalue weighted by molar-refractivity contribution is 5.80. The molecule has 6 heteroatoms. The molecule has 0 spiro atoms. The van der Waals surface area contributed by atoms with E-state index in [1.807, 2.05) is 39.0 Å². The van der Waals surface area contributed by atoms with Crippen molar-refractivity contribution in [2.75, 3.05) is 16.4 Å². The Hall–Kier alpha value is -3.15. The van der Waals surface area contributed by atoms with Crippen LogP contribution in [0.1, 0.15) is 16.8 Å². The van der Waals surface area contributed by atoms with Crippen molar-refractivity contribution in [3.8, 4) is 0 Å². The van der Waals surface area contributed by atoms with Crippen LogP contribution >= 0.6 is 0 Å². The Morgan fingerprint density at radius 3 is 2.42 bits per heavy atom. The Morgan fingerprint density at radius 2 is 1.67 bits per heavy atom. The number of nitrogen functional groups attached to an aromatic ring is 1. The van der Waals surface area contributed by atoms with Gasteiger partial charge in [0.15, 0.2) is 11.6 Å².